The summed E-state index contributed by atoms with van der Waals surface area (Å²) < 4.78 is 7.10. The Hall–Kier alpha value is -3.74. The minimum absolute atomic E-state index is 0.00422. The van der Waals surface area contributed by atoms with Crippen LogP contribution >= 0.6 is 0 Å². The molecule has 0 radical (unpaired) electrons. The lowest BCUT2D eigenvalue weighted by molar-refractivity contribution is 0.0766. The highest BCUT2D eigenvalue weighted by molar-refractivity contribution is 5.97. The lowest BCUT2D eigenvalue weighted by atomic mass is 10.2. The first kappa shape index (κ1) is 16.4. The average Bonchev–Trinajstić information content (AvgIpc) is 3.30. The lowest BCUT2D eigenvalue weighted by Crippen LogP contribution is -2.23. The van der Waals surface area contributed by atoms with Gasteiger partial charge in [0, 0.05) is 24.3 Å². The van der Waals surface area contributed by atoms with Crippen molar-refractivity contribution in [2.24, 2.45) is 0 Å². The number of carbonyl (C=O) groups is 1. The summed E-state index contributed by atoms with van der Waals surface area (Å²) in [6.07, 6.45) is 5.21. The Morgan fingerprint density at radius 2 is 1.96 bits per heavy atom. The molecule has 5 rings (SSSR count). The van der Waals surface area contributed by atoms with Crippen molar-refractivity contribution in [3.63, 3.8) is 0 Å². The number of benzene rings is 1. The molecule has 0 bridgehead atoms. The second kappa shape index (κ2) is 6.45. The lowest BCUT2D eigenvalue weighted by Gasteiger charge is -2.15. The van der Waals surface area contributed by atoms with E-state index >= 15 is 0 Å². The molecule has 0 N–H and O–H groups in total. The van der Waals surface area contributed by atoms with Crippen molar-refractivity contribution in [1.29, 1.82) is 0 Å². The molecule has 3 aromatic heterocycles. The van der Waals surface area contributed by atoms with E-state index in [1.807, 2.05) is 53.2 Å². The molecule has 7 nitrogen and oxygen atoms in total. The van der Waals surface area contributed by atoms with E-state index < -0.39 is 0 Å². The van der Waals surface area contributed by atoms with Crippen LogP contribution in [0.1, 0.15) is 21.6 Å². The molecule has 0 atom stereocenters. The zero-order valence-electron chi connectivity index (χ0n) is 15.2. The highest BCUT2D eigenvalue weighted by Crippen LogP contribution is 2.26. The van der Waals surface area contributed by atoms with Crippen LogP contribution in [0, 0.1) is 0 Å². The Balaban J connectivity index is 1.43. The number of hydrogen-bond acceptors (Lipinski definition) is 5. The molecule has 0 spiro atoms. The highest BCUT2D eigenvalue weighted by atomic mass is 16.5. The number of fused-ring (bicyclic) bond motifs is 2. The van der Waals surface area contributed by atoms with E-state index in [9.17, 15) is 4.79 Å². The topological polar surface area (TPSA) is 73.1 Å². The van der Waals surface area contributed by atoms with Gasteiger partial charge in [0.1, 0.15) is 23.5 Å². The van der Waals surface area contributed by atoms with Gasteiger partial charge in [-0.15, -0.1) is 0 Å². The fraction of sp³-hybridized carbons (Fsp3) is 0.143. The van der Waals surface area contributed by atoms with E-state index in [2.05, 4.69) is 9.97 Å². The van der Waals surface area contributed by atoms with Crippen LogP contribution in [-0.4, -0.2) is 37.4 Å². The predicted octanol–water partition coefficient (Wildman–Crippen LogP) is 2.98. The van der Waals surface area contributed by atoms with Crippen LogP contribution in [-0.2, 0) is 13.1 Å². The summed E-state index contributed by atoms with van der Waals surface area (Å²) in [5.74, 6) is 1.55. The Morgan fingerprint density at radius 1 is 1.11 bits per heavy atom. The van der Waals surface area contributed by atoms with Crippen LogP contribution in [0.15, 0.2) is 61.2 Å². The first-order valence-electron chi connectivity index (χ1n) is 8.92. The molecule has 1 aliphatic rings. The molecule has 1 aliphatic heterocycles. The molecule has 4 aromatic rings. The van der Waals surface area contributed by atoms with E-state index in [4.69, 9.17) is 9.72 Å². The molecule has 1 amide bonds. The monoisotopic (exact) mass is 371 g/mol. The van der Waals surface area contributed by atoms with Crippen molar-refractivity contribution in [2.45, 2.75) is 13.1 Å². The van der Waals surface area contributed by atoms with Crippen molar-refractivity contribution in [3.8, 4) is 11.6 Å². The minimum atomic E-state index is 0.00422. The minimum Gasteiger partial charge on any atom is -0.497 e. The van der Waals surface area contributed by atoms with Gasteiger partial charge in [0.25, 0.3) is 5.91 Å². The quantitative estimate of drug-likeness (QED) is 0.551. The molecule has 28 heavy (non-hydrogen) atoms. The molecule has 0 fully saturated rings. The number of nitrogens with zero attached hydrogens (tertiary/aromatic N) is 5. The third-order valence-electron chi connectivity index (χ3n) is 4.95. The van der Waals surface area contributed by atoms with E-state index in [-0.39, 0.29) is 5.91 Å². The summed E-state index contributed by atoms with van der Waals surface area (Å²) in [6, 6.07) is 13.4. The number of methoxy groups -OCH3 is 1. The van der Waals surface area contributed by atoms with Gasteiger partial charge in [-0.25, -0.2) is 15.0 Å². The van der Waals surface area contributed by atoms with Gasteiger partial charge in [0.2, 0.25) is 0 Å². The Bertz CT molecular complexity index is 1180. The van der Waals surface area contributed by atoms with Crippen LogP contribution < -0.4 is 4.74 Å². The Labute approximate surface area is 161 Å². The molecule has 138 valence electrons. The second-order valence-corrected chi connectivity index (χ2v) is 6.66. The van der Waals surface area contributed by atoms with E-state index in [0.29, 0.717) is 18.7 Å². The smallest absolute Gasteiger partial charge is 0.256 e. The summed E-state index contributed by atoms with van der Waals surface area (Å²) >= 11 is 0. The number of carbonyl (C=O) groups excluding carboxylic acids is 1. The molecular weight excluding hydrogens is 354 g/mol. The number of pyridine rings is 1. The largest absolute Gasteiger partial charge is 0.497 e. The van der Waals surface area contributed by atoms with Crippen molar-refractivity contribution in [1.82, 2.24) is 24.4 Å². The molecule has 0 saturated heterocycles. The number of aromatic nitrogens is 4. The number of rotatable bonds is 4. The van der Waals surface area contributed by atoms with E-state index in [1.54, 1.807) is 18.2 Å². The normalized spacial score (nSPS) is 13.2. The van der Waals surface area contributed by atoms with Crippen molar-refractivity contribution in [2.75, 3.05) is 7.11 Å². The molecular formula is C21H17N5O2. The first-order chi connectivity index (χ1) is 13.7. The van der Waals surface area contributed by atoms with Gasteiger partial charge in [-0.3, -0.25) is 9.36 Å². The zero-order chi connectivity index (χ0) is 19.1. The fourth-order valence-corrected chi connectivity index (χ4v) is 3.50. The van der Waals surface area contributed by atoms with Crippen molar-refractivity contribution in [3.05, 3.63) is 78.0 Å². The van der Waals surface area contributed by atoms with E-state index in [0.717, 1.165) is 33.9 Å². The van der Waals surface area contributed by atoms with Gasteiger partial charge in [-0.2, -0.15) is 0 Å². The predicted molar refractivity (Wildman–Crippen MR) is 103 cm³/mol. The van der Waals surface area contributed by atoms with E-state index in [1.165, 1.54) is 6.33 Å². The van der Waals surface area contributed by atoms with Gasteiger partial charge in [-0.05, 0) is 35.9 Å². The van der Waals surface area contributed by atoms with Crippen molar-refractivity contribution < 1.29 is 9.53 Å². The molecule has 4 heterocycles. The van der Waals surface area contributed by atoms with Crippen LogP contribution in [0.4, 0.5) is 0 Å². The zero-order valence-corrected chi connectivity index (χ0v) is 15.2. The fourth-order valence-electron chi connectivity index (χ4n) is 3.50. The highest BCUT2D eigenvalue weighted by Gasteiger charge is 2.29. The summed E-state index contributed by atoms with van der Waals surface area (Å²) in [7, 11) is 1.64. The summed E-state index contributed by atoms with van der Waals surface area (Å²) in [5, 5.41) is 0.946. The van der Waals surface area contributed by atoms with Crippen LogP contribution in [0.25, 0.3) is 16.9 Å². The van der Waals surface area contributed by atoms with Gasteiger partial charge in [0.05, 0.1) is 24.9 Å². The molecule has 0 unspecified atom stereocenters. The SMILES string of the molecule is COc1ccc(CN2Cc3nc(-n4ccc5cncnc54)ccc3C2=O)cc1. The Morgan fingerprint density at radius 3 is 2.79 bits per heavy atom. The van der Waals surface area contributed by atoms with Gasteiger partial charge >= 0.3 is 0 Å². The second-order valence-electron chi connectivity index (χ2n) is 6.66. The maximum absolute atomic E-state index is 12.8. The van der Waals surface area contributed by atoms with Crippen LogP contribution in [0.2, 0.25) is 0 Å². The average molecular weight is 371 g/mol. The molecule has 0 saturated carbocycles. The molecule has 7 heteroatoms. The summed E-state index contributed by atoms with van der Waals surface area (Å²) in [4.78, 5) is 27.7. The maximum Gasteiger partial charge on any atom is 0.256 e. The van der Waals surface area contributed by atoms with Crippen LogP contribution in [0.3, 0.4) is 0 Å². The number of ether oxygens (including phenoxy) is 1. The van der Waals surface area contributed by atoms with Gasteiger partial charge in [0.15, 0.2) is 0 Å². The molecule has 0 aliphatic carbocycles. The standard InChI is InChI=1S/C21H17N5O2/c1-28-16-4-2-14(3-5-16)11-25-12-18-17(21(25)27)6-7-19(24-18)26-9-8-15-10-22-13-23-20(15)26/h2-10,13H,11-12H2,1H3. The number of amides is 1. The van der Waals surface area contributed by atoms with Gasteiger partial charge < -0.3 is 9.64 Å². The van der Waals surface area contributed by atoms with Crippen LogP contribution in [0.5, 0.6) is 5.75 Å². The van der Waals surface area contributed by atoms with Crippen molar-refractivity contribution >= 4 is 16.9 Å². The van der Waals surface area contributed by atoms with Gasteiger partial charge in [-0.1, -0.05) is 12.1 Å². The third kappa shape index (κ3) is 2.68. The Kier molecular flexibility index (Phi) is 3.79. The first-order valence-corrected chi connectivity index (χ1v) is 8.92. The molecule has 1 aromatic carbocycles. The summed E-state index contributed by atoms with van der Waals surface area (Å²) in [6.45, 7) is 1.02. The maximum atomic E-state index is 12.8. The summed E-state index contributed by atoms with van der Waals surface area (Å²) in [5.41, 5.74) is 3.28. The number of hydrogen-bond donors (Lipinski definition) is 0. The third-order valence-corrected chi connectivity index (χ3v) is 4.95.